The van der Waals surface area contributed by atoms with E-state index in [9.17, 15) is 142 Å². The van der Waals surface area contributed by atoms with Gasteiger partial charge in [-0.3, -0.25) is 14.4 Å². The predicted molar refractivity (Wildman–Crippen MR) is 464 cm³/mol. The van der Waals surface area contributed by atoms with Gasteiger partial charge in [0.05, 0.1) is 101 Å². The molecule has 13 aliphatic rings. The van der Waals surface area contributed by atoms with Crippen LogP contribution in [0.15, 0.2) is 11.6 Å². The lowest BCUT2D eigenvalue weighted by atomic mass is 9.33. The Bertz CT molecular complexity index is 4160. The van der Waals surface area contributed by atoms with E-state index in [1.165, 1.54) is 13.8 Å². The summed E-state index contributed by atoms with van der Waals surface area (Å²) < 4.78 is 110. The summed E-state index contributed by atoms with van der Waals surface area (Å²) in [5, 5.41) is 270. The molecule has 47 nitrogen and oxygen atoms in total. The largest absolute Gasteiger partial charge is 0.479 e. The van der Waals surface area contributed by atoms with E-state index in [4.69, 9.17) is 85.3 Å². The molecule has 8 heterocycles. The fourth-order valence-corrected chi connectivity index (χ4v) is 24.3. The zero-order valence-electron chi connectivity index (χ0n) is 80.7. The predicted octanol–water partition coefficient (Wildman–Crippen LogP) is -6.32. The van der Waals surface area contributed by atoms with Gasteiger partial charge < -0.3 is 213 Å². The van der Waals surface area contributed by atoms with Crippen molar-refractivity contribution in [3.63, 3.8) is 0 Å². The third kappa shape index (κ3) is 21.8. The normalized spacial score (nSPS) is 48.8. The Hall–Kier alpha value is -4.23. The Labute approximate surface area is 808 Å². The molecule has 13 rings (SSSR count). The number of aliphatic carboxylic acids is 1. The summed E-state index contributed by atoms with van der Waals surface area (Å²) in [4.78, 5) is 72.1. The third-order valence-corrected chi connectivity index (χ3v) is 33.6. The van der Waals surface area contributed by atoms with Crippen molar-refractivity contribution >= 4 is 30.2 Å². The zero-order valence-corrected chi connectivity index (χ0v) is 80.7. The maximum Gasteiger partial charge on any atom is 0.335 e. The Morgan fingerprint density at radius 1 is 0.500 bits per heavy atom. The molecule has 4 saturated carbocycles. The van der Waals surface area contributed by atoms with E-state index in [1.54, 1.807) is 27.7 Å². The molecule has 17 unspecified atom stereocenters. The molecule has 804 valence electrons. The fourth-order valence-electron chi connectivity index (χ4n) is 24.3. The number of aliphatic hydroxyl groups is 23. The highest BCUT2D eigenvalue weighted by atomic mass is 16.8. The minimum atomic E-state index is -2.36. The molecule has 0 amide bonds. The molecule has 140 heavy (non-hydrogen) atoms. The van der Waals surface area contributed by atoms with Crippen molar-refractivity contribution in [1.29, 1.82) is 0 Å². The van der Waals surface area contributed by atoms with E-state index in [2.05, 4.69) is 19.9 Å². The number of carbonyl (C=O) groups is 5. The van der Waals surface area contributed by atoms with Gasteiger partial charge in [0.15, 0.2) is 62.3 Å². The number of hydrogen-bond acceptors (Lipinski definition) is 46. The molecule has 0 spiro atoms. The first-order chi connectivity index (χ1) is 65.7. The van der Waals surface area contributed by atoms with E-state index in [1.807, 2.05) is 27.7 Å². The highest BCUT2D eigenvalue weighted by Gasteiger charge is 2.74. The summed E-state index contributed by atoms with van der Waals surface area (Å²) in [5.74, 6) is -7.30. The van der Waals surface area contributed by atoms with Gasteiger partial charge in [-0.05, 0) is 123 Å². The lowest BCUT2D eigenvalue weighted by Gasteiger charge is -2.71. The van der Waals surface area contributed by atoms with E-state index >= 15 is 4.79 Å². The first-order valence-electron chi connectivity index (χ1n) is 48.9. The monoisotopic (exact) mass is 2020 g/mol. The van der Waals surface area contributed by atoms with Gasteiger partial charge in [0.1, 0.15) is 158 Å². The average Bonchev–Trinajstić information content (AvgIpc) is 0.743. The van der Waals surface area contributed by atoms with Crippen molar-refractivity contribution in [2.24, 2.45) is 62.1 Å². The number of esters is 3. The number of ether oxygens (including phenoxy) is 18. The highest BCUT2D eigenvalue weighted by Crippen LogP contribution is 2.76. The number of carboxylic acid groups (broad SMARTS) is 1. The molecule has 0 aromatic carbocycles. The third-order valence-electron chi connectivity index (χ3n) is 33.6. The Morgan fingerprint density at radius 3 is 1.64 bits per heavy atom. The fraction of sp³-hybridized carbons (Fsp3) is 0.925. The molecule has 47 heteroatoms. The van der Waals surface area contributed by atoms with Crippen molar-refractivity contribution in [2.45, 2.75) is 437 Å². The van der Waals surface area contributed by atoms with E-state index in [0.29, 0.717) is 32.1 Å². The van der Waals surface area contributed by atoms with Crippen molar-refractivity contribution in [1.82, 2.24) is 0 Å². The summed E-state index contributed by atoms with van der Waals surface area (Å²) in [6.45, 7) is 16.8. The second-order valence-electron chi connectivity index (χ2n) is 43.1. The maximum atomic E-state index is 16.6. The number of fused-ring (bicyclic) bond motifs is 7. The van der Waals surface area contributed by atoms with Crippen LogP contribution in [0.3, 0.4) is 0 Å². The number of carboxylic acids is 1. The minimum Gasteiger partial charge on any atom is -0.479 e. The van der Waals surface area contributed by atoms with Crippen LogP contribution in [-0.2, 0) is 109 Å². The summed E-state index contributed by atoms with van der Waals surface area (Å²) in [6, 6.07) is 0. The number of hydrogen-bond donors (Lipinski definition) is 24. The SMILES string of the molecule is CC[C@H](C)[C@H](C[C@H](O)CC(=O)O[C@@H]1C(C)O[C@@H](OC(=O)[C@]23CCC(C)(C)CC2C2=CCC4[C@@]5(C)CC[C@H](O[C@@H]6OC(C(=O)O)[C@H](O)[C@H](O[C@@H]7OC[C@@H](O)[C@H](O)C7O)C6O[C@@H]6OC(CO)[C@H](O)[C@H](O)C6O)[C@@](C)(C=O)C5CC[C@@]4(C)[C@]2(C)C[C@H]3O)[C@H](O[C@@H]2OC(C)[C@H](OC3OCC(O)[C@H](O[C@@H]4OC[C@](O)(CO)C4O)[C@@H]3O)[C@H](O[C@@H]3OC(CO)[C@H](O)[C@H](O)C3O)C2O)C1O)OC(=O)C[C@@H](O)C[C@H](O)[C@@H](C)CC. The number of rotatable bonds is 35. The van der Waals surface area contributed by atoms with Crippen LogP contribution in [0.4, 0.5) is 0 Å². The number of carbonyl (C=O) groups excluding carboxylic acids is 4. The standard InChI is InChI=1S/C93H150O47/c1-13-36(3)44(100)23-40(98)25-54(104)128-47(37(4)14-2)24-41(99)26-55(105)132-68-38(5)127-83(74(64(68)114)138-82-67(117)72(136-80-62(112)59(109)57(107)48(29-94)129-80)69(39(6)126-82)133-79-66(116)70(46(102)32-124-79)134-85-76(118)92(122,34-97)35-125-85)140-86(121)93-22-21-87(7,8)27-43(93)42-15-16-51-88(9)19-18-53(89(10,33-96)50(88)17-20-90(51,11)91(42,12)28-52(93)103)131-84-75(139-81-63(113)60(110)58(108)49(30-95)130-81)71(65(115)73(137-84)77(119)120)135-78-61(111)56(106)45(101)31-123-78/h15,33,36-41,43-53,56-76,78-85,94-95,97-103,106-118,122H,13-14,16-32,34-35H2,1-12H3,(H,119,120)/t36-,37-,38?,39?,40-,41-,43?,44-,45+,46?,47-,48?,49?,50?,51?,52+,53-,56-,57-,58-,59-,60-,61?,62?,63?,64?,65+,66-,67?,68+,69-,70-,71-,72+,73?,74+,75?,76?,78-,79?,80-,81-,82-,83-,84+,85-,88-,89-,90+,91+,92+,93+/m0/s1. The Balaban J connectivity index is 0.800. The lowest BCUT2D eigenvalue weighted by molar-refractivity contribution is -0.396. The second-order valence-corrected chi connectivity index (χ2v) is 43.1. The zero-order chi connectivity index (χ0) is 103. The average molecular weight is 2020 g/mol. The quantitative estimate of drug-likeness (QED) is 0.00923. The Morgan fingerprint density at radius 2 is 1.04 bits per heavy atom. The molecule has 52 atom stereocenters. The van der Waals surface area contributed by atoms with Crippen LogP contribution >= 0.6 is 0 Å². The molecular formula is C93H150O47. The molecule has 0 bridgehead atoms. The van der Waals surface area contributed by atoms with E-state index < -0.39 is 384 Å². The molecular weight excluding hydrogens is 1870 g/mol. The molecule has 24 N–H and O–H groups in total. The molecule has 0 aromatic rings. The molecule has 0 radical (unpaired) electrons. The van der Waals surface area contributed by atoms with Gasteiger partial charge in [0.25, 0.3) is 0 Å². The summed E-state index contributed by atoms with van der Waals surface area (Å²) in [5.41, 5.74) is -8.04. The van der Waals surface area contributed by atoms with Gasteiger partial charge >= 0.3 is 23.9 Å². The highest BCUT2D eigenvalue weighted by molar-refractivity contribution is 5.80. The van der Waals surface area contributed by atoms with Crippen LogP contribution < -0.4 is 0 Å². The molecule has 0 aromatic heterocycles. The van der Waals surface area contributed by atoms with Gasteiger partial charge in [0.2, 0.25) is 6.29 Å². The molecule has 12 fully saturated rings. The first-order valence-corrected chi connectivity index (χ1v) is 48.9. The van der Waals surface area contributed by atoms with Crippen molar-refractivity contribution < 1.29 is 232 Å². The minimum absolute atomic E-state index is 0.0179. The topological polar surface area (TPSA) is 737 Å². The first kappa shape index (κ1) is 113. The lowest BCUT2D eigenvalue weighted by Crippen LogP contribution is -2.69. The second kappa shape index (κ2) is 44.9. The maximum absolute atomic E-state index is 16.6. The van der Waals surface area contributed by atoms with Crippen LogP contribution in [0.25, 0.3) is 0 Å². The Kier molecular flexibility index (Phi) is 36.2. The van der Waals surface area contributed by atoms with E-state index in [-0.39, 0.29) is 63.2 Å². The van der Waals surface area contributed by atoms with E-state index in [0.717, 1.165) is 11.9 Å². The van der Waals surface area contributed by atoms with Gasteiger partial charge in [0, 0.05) is 12.8 Å². The van der Waals surface area contributed by atoms with Crippen LogP contribution in [0.1, 0.15) is 179 Å². The van der Waals surface area contributed by atoms with Crippen LogP contribution in [0.2, 0.25) is 0 Å². The van der Waals surface area contributed by atoms with Crippen LogP contribution in [0, 0.1) is 62.1 Å². The summed E-state index contributed by atoms with van der Waals surface area (Å²) >= 11 is 0. The van der Waals surface area contributed by atoms with Crippen LogP contribution in [0.5, 0.6) is 0 Å². The summed E-state index contributed by atoms with van der Waals surface area (Å²) in [7, 11) is 0. The van der Waals surface area contributed by atoms with Gasteiger partial charge in [-0.2, -0.15) is 0 Å². The van der Waals surface area contributed by atoms with Gasteiger partial charge in [-0.25, -0.2) is 4.79 Å². The van der Waals surface area contributed by atoms with Crippen molar-refractivity contribution in [3.8, 4) is 0 Å². The van der Waals surface area contributed by atoms with Crippen molar-refractivity contribution in [3.05, 3.63) is 11.6 Å². The van der Waals surface area contributed by atoms with Gasteiger partial charge in [-0.15, -0.1) is 0 Å². The van der Waals surface area contributed by atoms with Crippen molar-refractivity contribution in [2.75, 3.05) is 39.6 Å². The number of aliphatic hydroxyl groups excluding tert-OH is 22. The summed E-state index contributed by atoms with van der Waals surface area (Å²) in [6.07, 6.45) is -73.2. The molecule has 5 aliphatic carbocycles. The number of aldehydes is 1. The smallest absolute Gasteiger partial charge is 0.335 e. The molecule has 8 saturated heterocycles. The van der Waals surface area contributed by atoms with Crippen LogP contribution in [-0.4, -0.2) is 450 Å². The molecule has 8 aliphatic heterocycles. The number of allylic oxidation sites excluding steroid dienone is 2. The van der Waals surface area contributed by atoms with Gasteiger partial charge in [-0.1, -0.05) is 93.7 Å².